The second-order valence-electron chi connectivity index (χ2n) is 3.36. The van der Waals surface area contributed by atoms with Crippen molar-refractivity contribution < 1.29 is 5.11 Å². The van der Waals surface area contributed by atoms with Gasteiger partial charge in [0.05, 0.1) is 6.61 Å². The van der Waals surface area contributed by atoms with Gasteiger partial charge in [-0.15, -0.1) is 0 Å². The molecule has 1 heterocycles. The molecule has 3 heteroatoms. The summed E-state index contributed by atoms with van der Waals surface area (Å²) < 4.78 is 0. The molecule has 78 valence electrons. The van der Waals surface area contributed by atoms with Crippen molar-refractivity contribution in [1.82, 2.24) is 9.88 Å². The number of aliphatic hydroxyl groups excluding tert-OH is 1. The number of hydrogen-bond donors (Lipinski definition) is 1. The molecule has 1 aromatic heterocycles. The Labute approximate surface area is 85.4 Å². The normalized spacial score (nSPS) is 10.8. The average Bonchev–Trinajstić information content (AvgIpc) is 2.20. The molecule has 1 rings (SSSR count). The zero-order valence-corrected chi connectivity index (χ0v) is 8.69. The van der Waals surface area contributed by atoms with E-state index < -0.39 is 0 Å². The summed E-state index contributed by atoms with van der Waals surface area (Å²) in [5.41, 5.74) is 1.20. The molecule has 1 N–H and O–H groups in total. The molecule has 0 spiro atoms. The largest absolute Gasteiger partial charge is 0.395 e. The highest BCUT2D eigenvalue weighted by molar-refractivity contribution is 5.07. The molecule has 0 aromatic carbocycles. The minimum Gasteiger partial charge on any atom is -0.395 e. The summed E-state index contributed by atoms with van der Waals surface area (Å²) in [6.45, 7) is 5.01. The van der Waals surface area contributed by atoms with E-state index in [2.05, 4.69) is 22.9 Å². The lowest BCUT2D eigenvalue weighted by molar-refractivity contribution is 0.190. The Morgan fingerprint density at radius 3 is 2.86 bits per heavy atom. The first-order valence-corrected chi connectivity index (χ1v) is 5.09. The fraction of sp³-hybridized carbons (Fsp3) is 0.545. The van der Waals surface area contributed by atoms with Crippen molar-refractivity contribution in [2.24, 2.45) is 0 Å². The lowest BCUT2D eigenvalue weighted by Crippen LogP contribution is -2.27. The van der Waals surface area contributed by atoms with E-state index in [0.717, 1.165) is 26.1 Å². The van der Waals surface area contributed by atoms with E-state index >= 15 is 0 Å². The fourth-order valence-corrected chi connectivity index (χ4v) is 1.48. The van der Waals surface area contributed by atoms with Crippen LogP contribution in [-0.4, -0.2) is 34.7 Å². The molecule has 1 aromatic rings. The monoisotopic (exact) mass is 194 g/mol. The topological polar surface area (TPSA) is 36.4 Å². The maximum absolute atomic E-state index is 8.88. The summed E-state index contributed by atoms with van der Waals surface area (Å²) in [6, 6.07) is 4.01. The summed E-state index contributed by atoms with van der Waals surface area (Å²) >= 11 is 0. The number of hydrogen-bond acceptors (Lipinski definition) is 3. The third kappa shape index (κ3) is 3.85. The van der Waals surface area contributed by atoms with E-state index in [1.807, 2.05) is 12.3 Å². The smallest absolute Gasteiger partial charge is 0.0558 e. The molecule has 0 aliphatic heterocycles. The Hall–Kier alpha value is -0.930. The van der Waals surface area contributed by atoms with Crippen LogP contribution in [-0.2, 0) is 6.54 Å². The van der Waals surface area contributed by atoms with Gasteiger partial charge in [0.1, 0.15) is 0 Å². The Bertz CT molecular complexity index is 232. The van der Waals surface area contributed by atoms with Gasteiger partial charge in [-0.25, -0.2) is 0 Å². The Balaban J connectivity index is 2.46. The number of rotatable bonds is 6. The second-order valence-corrected chi connectivity index (χ2v) is 3.36. The van der Waals surface area contributed by atoms with Gasteiger partial charge in [0, 0.05) is 25.5 Å². The van der Waals surface area contributed by atoms with Gasteiger partial charge in [-0.1, -0.05) is 13.0 Å². The molecule has 14 heavy (non-hydrogen) atoms. The summed E-state index contributed by atoms with van der Waals surface area (Å²) in [4.78, 5) is 6.30. The zero-order chi connectivity index (χ0) is 10.2. The van der Waals surface area contributed by atoms with E-state index in [0.29, 0.717) is 0 Å². The van der Waals surface area contributed by atoms with Gasteiger partial charge in [0.25, 0.3) is 0 Å². The maximum atomic E-state index is 8.88. The molecule has 0 saturated carbocycles. The highest BCUT2D eigenvalue weighted by atomic mass is 16.3. The van der Waals surface area contributed by atoms with Gasteiger partial charge in [-0.2, -0.15) is 0 Å². The SMILES string of the molecule is CCCN(CCO)Cc1cccnc1. The first-order chi connectivity index (χ1) is 6.86. The van der Waals surface area contributed by atoms with Crippen molar-refractivity contribution in [2.45, 2.75) is 19.9 Å². The summed E-state index contributed by atoms with van der Waals surface area (Å²) in [5, 5.41) is 8.88. The highest BCUT2D eigenvalue weighted by Crippen LogP contribution is 2.02. The third-order valence-electron chi connectivity index (χ3n) is 2.09. The van der Waals surface area contributed by atoms with Crippen LogP contribution >= 0.6 is 0 Å². The van der Waals surface area contributed by atoms with Crippen LogP contribution in [0.15, 0.2) is 24.5 Å². The van der Waals surface area contributed by atoms with Crippen LogP contribution in [0.5, 0.6) is 0 Å². The molecule has 0 saturated heterocycles. The number of aromatic nitrogens is 1. The van der Waals surface area contributed by atoms with E-state index in [4.69, 9.17) is 5.11 Å². The van der Waals surface area contributed by atoms with E-state index in [9.17, 15) is 0 Å². The number of pyridine rings is 1. The lowest BCUT2D eigenvalue weighted by atomic mass is 10.2. The summed E-state index contributed by atoms with van der Waals surface area (Å²) in [7, 11) is 0. The van der Waals surface area contributed by atoms with Crippen molar-refractivity contribution in [3.63, 3.8) is 0 Å². The highest BCUT2D eigenvalue weighted by Gasteiger charge is 2.03. The summed E-state index contributed by atoms with van der Waals surface area (Å²) in [5.74, 6) is 0. The molecule has 0 atom stereocenters. The molecular weight excluding hydrogens is 176 g/mol. The Morgan fingerprint density at radius 2 is 2.29 bits per heavy atom. The minimum atomic E-state index is 0.222. The fourth-order valence-electron chi connectivity index (χ4n) is 1.48. The van der Waals surface area contributed by atoms with E-state index in [-0.39, 0.29) is 6.61 Å². The molecule has 0 fully saturated rings. The van der Waals surface area contributed by atoms with Crippen molar-refractivity contribution >= 4 is 0 Å². The van der Waals surface area contributed by atoms with Crippen LogP contribution in [0, 0.1) is 0 Å². The first-order valence-electron chi connectivity index (χ1n) is 5.09. The quantitative estimate of drug-likeness (QED) is 0.741. The van der Waals surface area contributed by atoms with Crippen molar-refractivity contribution in [2.75, 3.05) is 19.7 Å². The average molecular weight is 194 g/mol. The number of nitrogens with zero attached hydrogens (tertiary/aromatic N) is 2. The van der Waals surface area contributed by atoms with E-state index in [1.165, 1.54) is 5.56 Å². The van der Waals surface area contributed by atoms with Crippen molar-refractivity contribution in [3.8, 4) is 0 Å². The Kier molecular flexibility index (Phi) is 5.19. The molecule has 0 unspecified atom stereocenters. The van der Waals surface area contributed by atoms with Gasteiger partial charge < -0.3 is 5.11 Å². The number of aliphatic hydroxyl groups is 1. The molecule has 0 aliphatic rings. The lowest BCUT2D eigenvalue weighted by Gasteiger charge is -2.20. The minimum absolute atomic E-state index is 0.222. The predicted octanol–water partition coefficient (Wildman–Crippen LogP) is 1.29. The molecule has 0 aliphatic carbocycles. The van der Waals surface area contributed by atoms with Crippen LogP contribution in [0.1, 0.15) is 18.9 Å². The van der Waals surface area contributed by atoms with Crippen LogP contribution in [0.3, 0.4) is 0 Å². The predicted molar refractivity (Wildman–Crippen MR) is 56.9 cm³/mol. The first kappa shape index (κ1) is 11.1. The van der Waals surface area contributed by atoms with E-state index in [1.54, 1.807) is 6.20 Å². The molecular formula is C11H18N2O. The van der Waals surface area contributed by atoms with Crippen LogP contribution in [0.25, 0.3) is 0 Å². The zero-order valence-electron chi connectivity index (χ0n) is 8.69. The summed E-state index contributed by atoms with van der Waals surface area (Å²) in [6.07, 6.45) is 4.76. The van der Waals surface area contributed by atoms with Gasteiger partial charge in [-0.3, -0.25) is 9.88 Å². The van der Waals surface area contributed by atoms with Crippen LogP contribution < -0.4 is 0 Å². The molecule has 0 bridgehead atoms. The van der Waals surface area contributed by atoms with Crippen LogP contribution in [0.2, 0.25) is 0 Å². The molecule has 0 amide bonds. The maximum Gasteiger partial charge on any atom is 0.0558 e. The van der Waals surface area contributed by atoms with Crippen LogP contribution in [0.4, 0.5) is 0 Å². The van der Waals surface area contributed by atoms with Crippen molar-refractivity contribution in [3.05, 3.63) is 30.1 Å². The van der Waals surface area contributed by atoms with Gasteiger partial charge in [0.2, 0.25) is 0 Å². The Morgan fingerprint density at radius 1 is 1.43 bits per heavy atom. The standard InChI is InChI=1S/C11H18N2O/c1-2-6-13(7-8-14)10-11-4-3-5-12-9-11/h3-5,9,14H,2,6-8,10H2,1H3. The molecule has 0 radical (unpaired) electrons. The van der Waals surface area contributed by atoms with Crippen molar-refractivity contribution in [1.29, 1.82) is 0 Å². The van der Waals surface area contributed by atoms with Gasteiger partial charge >= 0.3 is 0 Å². The second kappa shape index (κ2) is 6.51. The molecule has 3 nitrogen and oxygen atoms in total. The third-order valence-corrected chi connectivity index (χ3v) is 2.09. The van der Waals surface area contributed by atoms with Gasteiger partial charge in [-0.05, 0) is 24.6 Å². The van der Waals surface area contributed by atoms with Gasteiger partial charge in [0.15, 0.2) is 0 Å².